The minimum atomic E-state index is 0.0141. The van der Waals surface area contributed by atoms with Gasteiger partial charge in [0.25, 0.3) is 0 Å². The molecule has 0 saturated heterocycles. The molecule has 1 unspecified atom stereocenters. The van der Waals surface area contributed by atoms with Crippen LogP contribution in [-0.2, 0) is 16.2 Å². The fourth-order valence-corrected chi connectivity index (χ4v) is 10.7. The fourth-order valence-electron chi connectivity index (χ4n) is 8.19. The Bertz CT molecular complexity index is 2550. The van der Waals surface area contributed by atoms with E-state index in [1.54, 1.807) is 0 Å². The van der Waals surface area contributed by atoms with Gasteiger partial charge in [-0.3, -0.25) is 0 Å². The Hall–Kier alpha value is -4.43. The van der Waals surface area contributed by atoms with Crippen molar-refractivity contribution in [3.05, 3.63) is 143 Å². The van der Waals surface area contributed by atoms with Gasteiger partial charge in [-0.1, -0.05) is 0 Å². The van der Waals surface area contributed by atoms with Crippen molar-refractivity contribution in [1.82, 2.24) is 9.55 Å². The average Bonchev–Trinajstić information content (AvgIpc) is 3.43. The van der Waals surface area contributed by atoms with E-state index in [2.05, 4.69) is 170 Å². The number of benzene rings is 5. The van der Waals surface area contributed by atoms with Gasteiger partial charge in [-0.15, -0.1) is 0 Å². The molecule has 0 bridgehead atoms. The summed E-state index contributed by atoms with van der Waals surface area (Å²) in [6.45, 7) is 21.1. The van der Waals surface area contributed by atoms with Crippen molar-refractivity contribution in [2.45, 2.75) is 84.5 Å². The summed E-state index contributed by atoms with van der Waals surface area (Å²) in [5.74, 6) is 0.179. The summed E-state index contributed by atoms with van der Waals surface area (Å²) in [5.41, 5.74) is 17.4. The van der Waals surface area contributed by atoms with Gasteiger partial charge in [-0.25, -0.2) is 0 Å². The van der Waals surface area contributed by atoms with Gasteiger partial charge in [0.1, 0.15) is 0 Å². The van der Waals surface area contributed by atoms with Crippen LogP contribution in [0.3, 0.4) is 0 Å². The normalized spacial score (nSPS) is 15.3. The topological polar surface area (TPSA) is 17.8 Å². The molecule has 7 aromatic rings. The van der Waals surface area contributed by atoms with Crippen LogP contribution in [0.5, 0.6) is 0 Å². The molecular formula is C48H46N2Se. The van der Waals surface area contributed by atoms with E-state index in [1.807, 2.05) is 6.20 Å². The van der Waals surface area contributed by atoms with Crippen LogP contribution in [0, 0.1) is 0 Å². The molecule has 254 valence electrons. The SMILES string of the molecule is CC(C)(C)c1ccc2c(c1)C1c3c(cc(-c4ccnc(-c5ccccc5)c4)cc3-n3c4ccc(C(C)(C)C)cc4c4cc(C(C)(C)C)cc1c43)[Se]2. The molecule has 0 amide bonds. The number of hydrogen-bond donors (Lipinski definition) is 0. The van der Waals surface area contributed by atoms with E-state index < -0.39 is 0 Å². The van der Waals surface area contributed by atoms with E-state index in [0.717, 1.165) is 11.3 Å². The van der Waals surface area contributed by atoms with Gasteiger partial charge in [0.15, 0.2) is 0 Å². The summed E-state index contributed by atoms with van der Waals surface area (Å²) in [7, 11) is 0. The quantitative estimate of drug-likeness (QED) is 0.162. The minimum absolute atomic E-state index is 0.0141. The van der Waals surface area contributed by atoms with Crippen molar-refractivity contribution in [3.8, 4) is 28.1 Å². The van der Waals surface area contributed by atoms with E-state index in [9.17, 15) is 0 Å². The Morgan fingerprint density at radius 1 is 0.549 bits per heavy atom. The van der Waals surface area contributed by atoms with Crippen molar-refractivity contribution < 1.29 is 0 Å². The first kappa shape index (κ1) is 32.5. The van der Waals surface area contributed by atoms with Gasteiger partial charge >= 0.3 is 310 Å². The fraction of sp³-hybridized carbons (Fsp3) is 0.271. The third-order valence-corrected chi connectivity index (χ3v) is 13.6. The molecule has 5 aromatic carbocycles. The Morgan fingerprint density at radius 3 is 1.94 bits per heavy atom. The molecule has 2 nitrogen and oxygen atoms in total. The number of rotatable bonds is 2. The summed E-state index contributed by atoms with van der Waals surface area (Å²) in [6, 6.07) is 39.7. The molecule has 0 aliphatic carbocycles. The van der Waals surface area contributed by atoms with Crippen LogP contribution >= 0.6 is 0 Å². The van der Waals surface area contributed by atoms with E-state index in [0.29, 0.717) is 0 Å². The molecule has 2 aromatic heterocycles. The zero-order valence-corrected chi connectivity index (χ0v) is 33.0. The van der Waals surface area contributed by atoms with Crippen LogP contribution in [0.4, 0.5) is 0 Å². The van der Waals surface area contributed by atoms with Crippen molar-refractivity contribution >= 4 is 45.7 Å². The Balaban J connectivity index is 1.40. The van der Waals surface area contributed by atoms with Crippen molar-refractivity contribution in [2.75, 3.05) is 0 Å². The number of fused-ring (bicyclic) bond motifs is 7. The van der Waals surface area contributed by atoms with Crippen LogP contribution in [0.15, 0.2) is 109 Å². The van der Waals surface area contributed by atoms with E-state index >= 15 is 0 Å². The van der Waals surface area contributed by atoms with Gasteiger partial charge in [-0.05, 0) is 0 Å². The van der Waals surface area contributed by atoms with Crippen molar-refractivity contribution in [2.24, 2.45) is 0 Å². The standard InChI is InChI=1S/C48H46N2Se/c1-46(2,3)31-15-17-39-34(24-31)35-26-33(48(7,8)9)27-37-43-36-25-32(47(4,5)6)16-18-41(36)51-42-23-30(22-40(44(42)43)50(39)45(35)37)29-19-20-49-38(21-29)28-13-11-10-12-14-28/h10-27,43H,1-9H3. The first-order valence-electron chi connectivity index (χ1n) is 18.3. The van der Waals surface area contributed by atoms with E-state index in [4.69, 9.17) is 4.98 Å². The molecule has 2 aliphatic heterocycles. The number of pyridine rings is 1. The molecule has 0 fully saturated rings. The molecule has 4 heterocycles. The Morgan fingerprint density at radius 2 is 1.22 bits per heavy atom. The predicted molar refractivity (Wildman–Crippen MR) is 218 cm³/mol. The Labute approximate surface area is 309 Å². The monoisotopic (exact) mass is 730 g/mol. The molecule has 0 saturated carbocycles. The number of nitrogens with zero attached hydrogens (tertiary/aromatic N) is 2. The van der Waals surface area contributed by atoms with Gasteiger partial charge in [0.05, 0.1) is 0 Å². The summed E-state index contributed by atoms with van der Waals surface area (Å²) in [6.07, 6.45) is 1.97. The van der Waals surface area contributed by atoms with Gasteiger partial charge in [0, 0.05) is 0 Å². The van der Waals surface area contributed by atoms with Gasteiger partial charge < -0.3 is 0 Å². The molecule has 2 aliphatic rings. The van der Waals surface area contributed by atoms with Crippen LogP contribution in [0.25, 0.3) is 49.9 Å². The summed E-state index contributed by atoms with van der Waals surface area (Å²) >= 11 is 0.165. The second kappa shape index (κ2) is 11.0. The molecule has 0 radical (unpaired) electrons. The first-order chi connectivity index (χ1) is 24.2. The maximum absolute atomic E-state index is 4.79. The number of aromatic nitrogens is 2. The average molecular weight is 730 g/mol. The molecule has 3 heteroatoms. The second-order valence-electron chi connectivity index (χ2n) is 17.8. The summed E-state index contributed by atoms with van der Waals surface area (Å²) in [5, 5.41) is 2.73. The zero-order chi connectivity index (χ0) is 35.6. The van der Waals surface area contributed by atoms with E-state index in [-0.39, 0.29) is 37.1 Å². The summed E-state index contributed by atoms with van der Waals surface area (Å²) < 4.78 is 5.62. The predicted octanol–water partition coefficient (Wildman–Crippen LogP) is 10.9. The molecular weight excluding hydrogens is 684 g/mol. The van der Waals surface area contributed by atoms with Crippen molar-refractivity contribution in [1.29, 1.82) is 0 Å². The second-order valence-corrected chi connectivity index (χ2v) is 20.0. The molecule has 51 heavy (non-hydrogen) atoms. The summed E-state index contributed by atoms with van der Waals surface area (Å²) in [4.78, 5) is 4.79. The van der Waals surface area contributed by atoms with Crippen LogP contribution in [0.1, 0.15) is 102 Å². The molecule has 9 rings (SSSR count). The molecule has 0 N–H and O–H groups in total. The number of hydrogen-bond acceptors (Lipinski definition) is 1. The van der Waals surface area contributed by atoms with Crippen LogP contribution in [-0.4, -0.2) is 24.5 Å². The molecule has 1 atom stereocenters. The molecule has 0 spiro atoms. The van der Waals surface area contributed by atoms with Gasteiger partial charge in [-0.2, -0.15) is 0 Å². The third-order valence-electron chi connectivity index (χ3n) is 11.2. The Kier molecular flexibility index (Phi) is 7.03. The van der Waals surface area contributed by atoms with Gasteiger partial charge in [0.2, 0.25) is 0 Å². The zero-order valence-electron chi connectivity index (χ0n) is 31.3. The first-order valence-corrected chi connectivity index (χ1v) is 20.0. The van der Waals surface area contributed by atoms with Crippen LogP contribution in [0.2, 0.25) is 0 Å². The maximum atomic E-state index is 4.79. The van der Waals surface area contributed by atoms with Crippen molar-refractivity contribution in [3.63, 3.8) is 0 Å². The third kappa shape index (κ3) is 5.15. The van der Waals surface area contributed by atoms with Crippen LogP contribution < -0.4 is 8.92 Å². The van der Waals surface area contributed by atoms with E-state index in [1.165, 1.54) is 80.9 Å².